The first-order valence-corrected chi connectivity index (χ1v) is 10.1. The van der Waals surface area contributed by atoms with Gasteiger partial charge in [0.25, 0.3) is 17.4 Å². The van der Waals surface area contributed by atoms with E-state index in [1.54, 1.807) is 24.4 Å². The van der Waals surface area contributed by atoms with Crippen LogP contribution in [0.2, 0.25) is 0 Å². The van der Waals surface area contributed by atoms with Gasteiger partial charge >= 0.3 is 0 Å². The lowest BCUT2D eigenvalue weighted by molar-refractivity contribution is 0.0845. The van der Waals surface area contributed by atoms with E-state index in [0.717, 1.165) is 5.56 Å². The number of pyridine rings is 1. The molecule has 2 aromatic carbocycles. The van der Waals surface area contributed by atoms with Gasteiger partial charge in [-0.05, 0) is 49.7 Å². The van der Waals surface area contributed by atoms with Crippen LogP contribution < -0.4 is 25.9 Å². The van der Waals surface area contributed by atoms with Crippen molar-refractivity contribution < 1.29 is 19.1 Å². The smallest absolute Gasteiger partial charge is 0.275 e. The van der Waals surface area contributed by atoms with Crippen molar-refractivity contribution in [2.24, 2.45) is 0 Å². The summed E-state index contributed by atoms with van der Waals surface area (Å²) in [5.41, 5.74) is 5.26. The largest absolute Gasteiger partial charge is 0.493 e. The van der Waals surface area contributed by atoms with Gasteiger partial charge in [-0.1, -0.05) is 30.3 Å². The number of rotatable bonds is 7. The van der Waals surface area contributed by atoms with Gasteiger partial charge in [0.2, 0.25) is 0 Å². The molecule has 0 aliphatic rings. The Hall–Kier alpha value is -4.07. The fourth-order valence-corrected chi connectivity index (χ4v) is 3.03. The molecule has 2 amide bonds. The average molecular weight is 435 g/mol. The van der Waals surface area contributed by atoms with Crippen LogP contribution in [0, 0.1) is 0 Å². The molecule has 0 fully saturated rings. The summed E-state index contributed by atoms with van der Waals surface area (Å²) < 4.78 is 12.3. The third-order valence-electron chi connectivity index (χ3n) is 4.54. The van der Waals surface area contributed by atoms with E-state index in [1.165, 1.54) is 23.8 Å². The van der Waals surface area contributed by atoms with E-state index in [0.29, 0.717) is 18.0 Å². The SMILES string of the molecule is COc1cc(C(=O)NNC(=O)c2cccn(Cc3ccccc3)c2=O)ccc1OC(C)C. The molecule has 32 heavy (non-hydrogen) atoms. The number of nitrogens with one attached hydrogen (secondary N) is 2. The number of aromatic nitrogens is 1. The fraction of sp³-hybridized carbons (Fsp3) is 0.208. The van der Waals surface area contributed by atoms with E-state index >= 15 is 0 Å². The van der Waals surface area contributed by atoms with Crippen LogP contribution in [0.4, 0.5) is 0 Å². The van der Waals surface area contributed by atoms with Gasteiger partial charge in [0.1, 0.15) is 5.56 Å². The highest BCUT2D eigenvalue weighted by Gasteiger charge is 2.16. The number of hydrogen-bond donors (Lipinski definition) is 2. The second-order valence-corrected chi connectivity index (χ2v) is 7.28. The molecular formula is C24H25N3O5. The van der Waals surface area contributed by atoms with Crippen LogP contribution in [0.5, 0.6) is 11.5 Å². The van der Waals surface area contributed by atoms with Crippen molar-refractivity contribution in [1.29, 1.82) is 0 Å². The highest BCUT2D eigenvalue weighted by atomic mass is 16.5. The summed E-state index contributed by atoms with van der Waals surface area (Å²) in [5, 5.41) is 0. The lowest BCUT2D eigenvalue weighted by Crippen LogP contribution is -2.44. The summed E-state index contributed by atoms with van der Waals surface area (Å²) >= 11 is 0. The zero-order valence-corrected chi connectivity index (χ0v) is 18.1. The van der Waals surface area contributed by atoms with E-state index in [9.17, 15) is 14.4 Å². The zero-order valence-electron chi connectivity index (χ0n) is 18.1. The van der Waals surface area contributed by atoms with Crippen LogP contribution in [0.3, 0.4) is 0 Å². The molecule has 0 atom stereocenters. The highest BCUT2D eigenvalue weighted by molar-refractivity contribution is 5.99. The van der Waals surface area contributed by atoms with Gasteiger partial charge in [-0.25, -0.2) is 0 Å². The quantitative estimate of drug-likeness (QED) is 0.556. The summed E-state index contributed by atoms with van der Waals surface area (Å²) in [7, 11) is 1.47. The molecule has 3 aromatic rings. The Balaban J connectivity index is 1.69. The number of hydrogen-bond acceptors (Lipinski definition) is 5. The third-order valence-corrected chi connectivity index (χ3v) is 4.54. The molecule has 0 radical (unpaired) electrons. The van der Waals surface area contributed by atoms with Crippen LogP contribution in [0.15, 0.2) is 71.7 Å². The van der Waals surface area contributed by atoms with E-state index in [-0.39, 0.29) is 17.2 Å². The lowest BCUT2D eigenvalue weighted by Gasteiger charge is -2.14. The number of carbonyl (C=O) groups is 2. The van der Waals surface area contributed by atoms with Crippen molar-refractivity contribution in [3.63, 3.8) is 0 Å². The van der Waals surface area contributed by atoms with Crippen LogP contribution in [-0.2, 0) is 6.54 Å². The summed E-state index contributed by atoms with van der Waals surface area (Å²) in [6.07, 6.45) is 1.55. The number of carbonyl (C=O) groups excluding carboxylic acids is 2. The van der Waals surface area contributed by atoms with Gasteiger partial charge < -0.3 is 14.0 Å². The second-order valence-electron chi connectivity index (χ2n) is 7.28. The molecule has 2 N–H and O–H groups in total. The molecule has 0 aliphatic carbocycles. The number of methoxy groups -OCH3 is 1. The minimum atomic E-state index is -0.711. The molecule has 0 aliphatic heterocycles. The predicted molar refractivity (Wildman–Crippen MR) is 120 cm³/mol. The molecule has 0 saturated carbocycles. The van der Waals surface area contributed by atoms with Gasteiger partial charge in [-0.3, -0.25) is 25.2 Å². The normalized spacial score (nSPS) is 10.5. The highest BCUT2D eigenvalue weighted by Crippen LogP contribution is 2.28. The standard InChI is InChI=1S/C24H25N3O5/c1-16(2)32-20-12-11-18(14-21(20)31-3)22(28)25-26-23(29)19-10-7-13-27(24(19)30)15-17-8-5-4-6-9-17/h4-14,16H,15H2,1-3H3,(H,25,28)(H,26,29). The summed E-state index contributed by atoms with van der Waals surface area (Å²) in [6, 6.07) is 17.1. The van der Waals surface area contributed by atoms with E-state index < -0.39 is 17.4 Å². The maximum Gasteiger partial charge on any atom is 0.275 e. The van der Waals surface area contributed by atoms with Crippen LogP contribution >= 0.6 is 0 Å². The Bertz CT molecular complexity index is 1160. The van der Waals surface area contributed by atoms with Gasteiger partial charge in [0.15, 0.2) is 11.5 Å². The summed E-state index contributed by atoms with van der Waals surface area (Å²) in [4.78, 5) is 37.7. The van der Waals surface area contributed by atoms with Crippen LogP contribution in [0.1, 0.15) is 40.1 Å². The Morgan fingerprint density at radius 3 is 2.34 bits per heavy atom. The molecule has 8 nitrogen and oxygen atoms in total. The van der Waals surface area contributed by atoms with Crippen molar-refractivity contribution >= 4 is 11.8 Å². The number of amides is 2. The number of benzene rings is 2. The first-order chi connectivity index (χ1) is 15.4. The number of hydrazine groups is 1. The van der Waals surface area contributed by atoms with E-state index in [2.05, 4.69) is 10.9 Å². The topological polar surface area (TPSA) is 98.7 Å². The fourth-order valence-electron chi connectivity index (χ4n) is 3.03. The number of ether oxygens (including phenoxy) is 2. The Kier molecular flexibility index (Phi) is 7.28. The molecule has 1 aromatic heterocycles. The van der Waals surface area contributed by atoms with Crippen LogP contribution in [0.25, 0.3) is 0 Å². The van der Waals surface area contributed by atoms with Gasteiger partial charge in [-0.15, -0.1) is 0 Å². The van der Waals surface area contributed by atoms with Crippen molar-refractivity contribution in [1.82, 2.24) is 15.4 Å². The van der Waals surface area contributed by atoms with E-state index in [4.69, 9.17) is 9.47 Å². The van der Waals surface area contributed by atoms with Crippen molar-refractivity contribution in [2.75, 3.05) is 7.11 Å². The average Bonchev–Trinajstić information content (AvgIpc) is 2.79. The van der Waals surface area contributed by atoms with Gasteiger partial charge in [0, 0.05) is 11.8 Å². The minimum Gasteiger partial charge on any atom is -0.493 e. The molecule has 0 saturated heterocycles. The minimum absolute atomic E-state index is 0.0559. The summed E-state index contributed by atoms with van der Waals surface area (Å²) in [5.74, 6) is -0.373. The molecule has 0 spiro atoms. The van der Waals surface area contributed by atoms with Crippen LogP contribution in [-0.4, -0.2) is 29.6 Å². The zero-order chi connectivity index (χ0) is 23.1. The Morgan fingerprint density at radius 2 is 1.66 bits per heavy atom. The van der Waals surface area contributed by atoms with E-state index in [1.807, 2.05) is 44.2 Å². The second kappa shape index (κ2) is 10.3. The Morgan fingerprint density at radius 1 is 0.938 bits per heavy atom. The molecule has 1 heterocycles. The molecule has 3 rings (SSSR count). The molecule has 0 bridgehead atoms. The predicted octanol–water partition coefficient (Wildman–Crippen LogP) is 2.77. The maximum atomic E-state index is 12.7. The molecule has 0 unspecified atom stereocenters. The van der Waals surface area contributed by atoms with Crippen molar-refractivity contribution in [3.8, 4) is 11.5 Å². The van der Waals surface area contributed by atoms with Gasteiger partial charge in [-0.2, -0.15) is 0 Å². The van der Waals surface area contributed by atoms with Crippen molar-refractivity contribution in [2.45, 2.75) is 26.5 Å². The first kappa shape index (κ1) is 22.6. The number of nitrogens with zero attached hydrogens (tertiary/aromatic N) is 1. The maximum absolute atomic E-state index is 12.7. The first-order valence-electron chi connectivity index (χ1n) is 10.1. The van der Waals surface area contributed by atoms with Crippen molar-refractivity contribution in [3.05, 3.63) is 93.9 Å². The van der Waals surface area contributed by atoms with Gasteiger partial charge in [0.05, 0.1) is 19.8 Å². The summed E-state index contributed by atoms with van der Waals surface area (Å²) in [6.45, 7) is 4.09. The third kappa shape index (κ3) is 5.54. The monoisotopic (exact) mass is 435 g/mol. The lowest BCUT2D eigenvalue weighted by atomic mass is 10.2. The Labute approximate surface area is 185 Å². The molecular weight excluding hydrogens is 410 g/mol. The molecule has 8 heteroatoms. The molecule has 166 valence electrons.